The standard InChI is InChI=1S/C44H69Cl3N2O10/c1-4-6-8-10-12-14-16-18-23-27-34(56-36(50)28-24-19-17-15-13-11-9-7-5-2)29-37(51)58-40-38(49-43(52)54-31-44(45,46)47)42(55-32(3)48)57-35-30-53-41(59-39(35)40)33-25-21-20-22-26-33/h20-22,25-26,34-35,38-42,48H,4-19,23-24,27-31H2,1-3H3,(H,49,52)/t34-,35?,38?,39-,40-,41?,42+/m1/s1. The van der Waals surface area contributed by atoms with Crippen LogP contribution in [0, 0.1) is 5.41 Å². The molecule has 2 aliphatic rings. The fourth-order valence-electron chi connectivity index (χ4n) is 7.34. The molecule has 2 saturated heterocycles. The van der Waals surface area contributed by atoms with Crippen molar-refractivity contribution < 1.29 is 47.5 Å². The molecular weight excluding hydrogens is 823 g/mol. The molecule has 0 aliphatic carbocycles. The van der Waals surface area contributed by atoms with Crippen molar-refractivity contribution in [2.45, 2.75) is 202 Å². The highest BCUT2D eigenvalue weighted by atomic mass is 35.6. The first-order chi connectivity index (χ1) is 28.4. The van der Waals surface area contributed by atoms with Gasteiger partial charge in [-0.2, -0.15) is 0 Å². The molecule has 7 atom stereocenters. The van der Waals surface area contributed by atoms with Gasteiger partial charge in [0, 0.05) is 18.9 Å². The number of nitrogens with one attached hydrogen (secondary N) is 2. The zero-order valence-electron chi connectivity index (χ0n) is 35.4. The van der Waals surface area contributed by atoms with Gasteiger partial charge in [0.15, 0.2) is 18.3 Å². The summed E-state index contributed by atoms with van der Waals surface area (Å²) in [6.07, 6.45) is 13.9. The van der Waals surface area contributed by atoms with E-state index in [9.17, 15) is 14.4 Å². The highest BCUT2D eigenvalue weighted by molar-refractivity contribution is 6.67. The van der Waals surface area contributed by atoms with Gasteiger partial charge in [0.1, 0.15) is 31.0 Å². The van der Waals surface area contributed by atoms with E-state index >= 15 is 0 Å². The summed E-state index contributed by atoms with van der Waals surface area (Å²) < 4.78 is 39.7. The molecule has 2 heterocycles. The normalized spacial score (nSPS) is 22.1. The van der Waals surface area contributed by atoms with Crippen LogP contribution in [0.5, 0.6) is 0 Å². The predicted molar refractivity (Wildman–Crippen MR) is 230 cm³/mol. The summed E-state index contributed by atoms with van der Waals surface area (Å²) >= 11 is 17.5. The Balaban J connectivity index is 1.74. The maximum atomic E-state index is 14.0. The third-order valence-corrected chi connectivity index (χ3v) is 10.8. The first-order valence-corrected chi connectivity index (χ1v) is 23.1. The number of hydrogen-bond donors (Lipinski definition) is 2. The Morgan fingerprint density at radius 1 is 0.797 bits per heavy atom. The Morgan fingerprint density at radius 3 is 1.95 bits per heavy atom. The molecule has 2 aliphatic heterocycles. The van der Waals surface area contributed by atoms with Crippen LogP contribution in [0.2, 0.25) is 0 Å². The summed E-state index contributed by atoms with van der Waals surface area (Å²) in [7, 11) is 0. The topological polar surface area (TPSA) is 152 Å². The number of rotatable bonds is 28. The zero-order valence-corrected chi connectivity index (χ0v) is 37.7. The molecular formula is C44H69Cl3N2O10. The van der Waals surface area contributed by atoms with Crippen LogP contribution in [0.4, 0.5) is 4.79 Å². The summed E-state index contributed by atoms with van der Waals surface area (Å²) in [6, 6.07) is 7.98. The van der Waals surface area contributed by atoms with Crippen LogP contribution in [0.25, 0.3) is 0 Å². The number of hydrogen-bond acceptors (Lipinski definition) is 11. The molecule has 2 N–H and O–H groups in total. The first-order valence-electron chi connectivity index (χ1n) is 22.0. The number of benzene rings is 1. The lowest BCUT2D eigenvalue weighted by Gasteiger charge is -2.48. The van der Waals surface area contributed by atoms with E-state index in [2.05, 4.69) is 19.2 Å². The Bertz CT molecular complexity index is 1350. The third kappa shape index (κ3) is 21.3. The summed E-state index contributed by atoms with van der Waals surface area (Å²) in [5, 5.41) is 10.7. The van der Waals surface area contributed by atoms with Crippen molar-refractivity contribution >= 4 is 58.7 Å². The Kier molecular flexibility index (Phi) is 25.1. The van der Waals surface area contributed by atoms with Gasteiger partial charge < -0.3 is 38.5 Å². The molecule has 3 rings (SSSR count). The van der Waals surface area contributed by atoms with E-state index in [0.717, 1.165) is 56.9 Å². The average Bonchev–Trinajstić information content (AvgIpc) is 3.19. The lowest BCUT2D eigenvalue weighted by Crippen LogP contribution is -2.68. The van der Waals surface area contributed by atoms with E-state index in [-0.39, 0.29) is 31.3 Å². The van der Waals surface area contributed by atoms with Crippen molar-refractivity contribution in [3.8, 4) is 0 Å². The highest BCUT2D eigenvalue weighted by Gasteiger charge is 2.54. The van der Waals surface area contributed by atoms with Gasteiger partial charge in [-0.3, -0.25) is 15.0 Å². The van der Waals surface area contributed by atoms with Gasteiger partial charge in [-0.05, 0) is 19.3 Å². The number of ether oxygens (including phenoxy) is 7. The second kappa shape index (κ2) is 29.0. The SMILES string of the molecule is CCCCCCCCCCCC(=O)O[C@H](CCCCCCCCCCC)CC(=O)O[C@@H]1C(NC(=O)OCC(Cl)(Cl)Cl)[C@@H](OC(C)=N)OC2COC(c3ccccc3)O[C@H]21. The van der Waals surface area contributed by atoms with Crippen LogP contribution in [0.1, 0.15) is 167 Å². The van der Waals surface area contributed by atoms with Gasteiger partial charge in [0.25, 0.3) is 0 Å². The number of alkyl halides is 3. The van der Waals surface area contributed by atoms with Crippen LogP contribution < -0.4 is 5.32 Å². The van der Waals surface area contributed by atoms with Crippen molar-refractivity contribution in [1.29, 1.82) is 5.41 Å². The molecule has 336 valence electrons. The maximum Gasteiger partial charge on any atom is 0.407 e. The van der Waals surface area contributed by atoms with Gasteiger partial charge in [-0.1, -0.05) is 182 Å². The summed E-state index contributed by atoms with van der Waals surface area (Å²) in [5.74, 6) is -1.23. The van der Waals surface area contributed by atoms with E-state index in [1.54, 1.807) is 0 Å². The smallest absolute Gasteiger partial charge is 0.407 e. The number of halogens is 3. The molecule has 15 heteroatoms. The van der Waals surface area contributed by atoms with E-state index in [1.807, 2.05) is 30.3 Å². The van der Waals surface area contributed by atoms with Gasteiger partial charge in [0.2, 0.25) is 10.1 Å². The molecule has 3 unspecified atom stereocenters. The van der Waals surface area contributed by atoms with Crippen molar-refractivity contribution in [3.63, 3.8) is 0 Å². The number of esters is 2. The quantitative estimate of drug-likeness (QED) is 0.0208. The number of carbonyl (C=O) groups excluding carboxylic acids is 3. The van der Waals surface area contributed by atoms with Crippen molar-refractivity contribution in [3.05, 3.63) is 35.9 Å². The van der Waals surface area contributed by atoms with Crippen molar-refractivity contribution in [1.82, 2.24) is 5.32 Å². The Labute approximate surface area is 367 Å². The van der Waals surface area contributed by atoms with Crippen molar-refractivity contribution in [2.24, 2.45) is 0 Å². The summed E-state index contributed by atoms with van der Waals surface area (Å²) in [6.45, 7) is 5.27. The summed E-state index contributed by atoms with van der Waals surface area (Å²) in [4.78, 5) is 40.2. The van der Waals surface area contributed by atoms with Crippen LogP contribution in [-0.4, -0.2) is 77.7 Å². The number of fused-ring (bicyclic) bond motifs is 1. The average molecular weight is 892 g/mol. The summed E-state index contributed by atoms with van der Waals surface area (Å²) in [5.41, 5.74) is 0.719. The Hall–Kier alpha value is -2.35. The molecule has 0 aromatic heterocycles. The van der Waals surface area contributed by atoms with Gasteiger partial charge in [0.05, 0.1) is 13.0 Å². The molecule has 0 radical (unpaired) electrons. The minimum Gasteiger partial charge on any atom is -0.462 e. The van der Waals surface area contributed by atoms with Crippen LogP contribution in [0.3, 0.4) is 0 Å². The minimum absolute atomic E-state index is 0.0251. The predicted octanol–water partition coefficient (Wildman–Crippen LogP) is 11.4. The number of alkyl carbamates (subject to hydrolysis) is 1. The first kappa shape index (κ1) is 51.0. The van der Waals surface area contributed by atoms with E-state index in [0.29, 0.717) is 6.42 Å². The fourth-order valence-corrected chi connectivity index (χ4v) is 7.50. The number of carbonyl (C=O) groups is 3. The van der Waals surface area contributed by atoms with E-state index < -0.39 is 65.5 Å². The van der Waals surface area contributed by atoms with Crippen LogP contribution in [-0.2, 0) is 42.7 Å². The third-order valence-electron chi connectivity index (χ3n) is 10.4. The largest absolute Gasteiger partial charge is 0.462 e. The lowest BCUT2D eigenvalue weighted by molar-refractivity contribution is -0.336. The lowest BCUT2D eigenvalue weighted by atomic mass is 9.95. The molecule has 12 nitrogen and oxygen atoms in total. The van der Waals surface area contributed by atoms with Gasteiger partial charge in [-0.25, -0.2) is 4.79 Å². The molecule has 0 spiro atoms. The number of amides is 1. The second-order valence-electron chi connectivity index (χ2n) is 15.7. The van der Waals surface area contributed by atoms with Gasteiger partial charge in [-0.15, -0.1) is 0 Å². The molecule has 0 bridgehead atoms. The molecule has 0 saturated carbocycles. The molecule has 1 amide bonds. The van der Waals surface area contributed by atoms with E-state index in [4.69, 9.17) is 73.4 Å². The van der Waals surface area contributed by atoms with Crippen LogP contribution >= 0.6 is 34.8 Å². The molecule has 1 aromatic carbocycles. The molecule has 1 aromatic rings. The molecule has 2 fully saturated rings. The fraction of sp³-hybridized carbons (Fsp3) is 0.773. The Morgan fingerprint density at radius 2 is 1.37 bits per heavy atom. The zero-order chi connectivity index (χ0) is 42.9. The highest BCUT2D eigenvalue weighted by Crippen LogP contribution is 2.36. The van der Waals surface area contributed by atoms with E-state index in [1.165, 1.54) is 71.1 Å². The van der Waals surface area contributed by atoms with Crippen molar-refractivity contribution in [2.75, 3.05) is 13.2 Å². The minimum atomic E-state index is -1.89. The van der Waals surface area contributed by atoms with Crippen LogP contribution in [0.15, 0.2) is 30.3 Å². The van der Waals surface area contributed by atoms with Gasteiger partial charge >= 0.3 is 18.0 Å². The maximum absolute atomic E-state index is 14.0. The molecule has 59 heavy (non-hydrogen) atoms. The second-order valence-corrected chi connectivity index (χ2v) is 18.2. The monoisotopic (exact) mass is 890 g/mol. The number of unbranched alkanes of at least 4 members (excludes halogenated alkanes) is 16.